The van der Waals surface area contributed by atoms with Crippen LogP contribution in [-0.4, -0.2) is 60.5 Å². The molecule has 7 nitrogen and oxygen atoms in total. The van der Waals surface area contributed by atoms with E-state index in [9.17, 15) is 0 Å². The van der Waals surface area contributed by atoms with Gasteiger partial charge >= 0.3 is 0 Å². The van der Waals surface area contributed by atoms with E-state index in [4.69, 9.17) is 9.47 Å². The van der Waals surface area contributed by atoms with Crippen molar-refractivity contribution in [3.8, 4) is 5.75 Å². The highest BCUT2D eigenvalue weighted by atomic mass is 127. The number of aryl methyl sites for hydroxylation is 1. The van der Waals surface area contributed by atoms with Gasteiger partial charge in [0.25, 0.3) is 0 Å². The maximum atomic E-state index is 5.90. The Morgan fingerprint density at radius 1 is 1.37 bits per heavy atom. The van der Waals surface area contributed by atoms with Crippen LogP contribution in [0, 0.1) is 0 Å². The van der Waals surface area contributed by atoms with Crippen molar-refractivity contribution < 1.29 is 9.47 Å². The number of morpholine rings is 1. The first-order chi connectivity index (χ1) is 12.8. The quantitative estimate of drug-likeness (QED) is 0.295. The summed E-state index contributed by atoms with van der Waals surface area (Å²) in [6.07, 6.45) is 4.80. The molecule has 1 aromatic carbocycles. The van der Waals surface area contributed by atoms with Crippen LogP contribution < -0.4 is 10.1 Å². The summed E-state index contributed by atoms with van der Waals surface area (Å²) in [7, 11) is 3.74. The molecule has 3 rings (SSSR count). The minimum atomic E-state index is 0. The number of aromatic nitrogens is 2. The molecular formula is C19H28IN5O2. The van der Waals surface area contributed by atoms with Gasteiger partial charge in [0.05, 0.1) is 26.0 Å². The van der Waals surface area contributed by atoms with E-state index >= 15 is 0 Å². The number of aliphatic imine (C=N–C) groups is 1. The number of ether oxygens (including phenoxy) is 2. The SMILES string of the molecule is CN=C(NCCCOc1ccccc1)N1CCOC(c2cnn(C)c2)C1.I. The molecule has 1 fully saturated rings. The normalized spacial score (nSPS) is 17.3. The lowest BCUT2D eigenvalue weighted by Crippen LogP contribution is -2.48. The van der Waals surface area contributed by atoms with E-state index in [0.717, 1.165) is 43.3 Å². The highest BCUT2D eigenvalue weighted by molar-refractivity contribution is 14.0. The van der Waals surface area contributed by atoms with Crippen molar-refractivity contribution in [3.05, 3.63) is 48.3 Å². The first kappa shape index (κ1) is 21.5. The molecule has 0 aliphatic carbocycles. The van der Waals surface area contributed by atoms with Crippen LogP contribution in [0.4, 0.5) is 0 Å². The van der Waals surface area contributed by atoms with Gasteiger partial charge in [-0.3, -0.25) is 9.67 Å². The van der Waals surface area contributed by atoms with Gasteiger partial charge in [-0.2, -0.15) is 5.10 Å². The summed E-state index contributed by atoms with van der Waals surface area (Å²) in [5.41, 5.74) is 1.10. The van der Waals surface area contributed by atoms with Gasteiger partial charge in [0.1, 0.15) is 11.9 Å². The summed E-state index contributed by atoms with van der Waals surface area (Å²) >= 11 is 0. The second-order valence-electron chi connectivity index (χ2n) is 6.24. The number of benzene rings is 1. The van der Waals surface area contributed by atoms with Crippen molar-refractivity contribution in [2.24, 2.45) is 12.0 Å². The van der Waals surface area contributed by atoms with Gasteiger partial charge in [-0.05, 0) is 18.6 Å². The third-order valence-electron chi connectivity index (χ3n) is 4.29. The van der Waals surface area contributed by atoms with Crippen molar-refractivity contribution in [3.63, 3.8) is 0 Å². The van der Waals surface area contributed by atoms with Gasteiger partial charge in [0.2, 0.25) is 0 Å². The Hall–Kier alpha value is -1.81. The van der Waals surface area contributed by atoms with Gasteiger partial charge in [-0.25, -0.2) is 0 Å². The molecule has 0 saturated carbocycles. The highest BCUT2D eigenvalue weighted by Crippen LogP contribution is 2.21. The number of hydrogen-bond donors (Lipinski definition) is 1. The summed E-state index contributed by atoms with van der Waals surface area (Å²) < 4.78 is 13.4. The molecule has 1 aromatic heterocycles. The topological polar surface area (TPSA) is 63.9 Å². The molecular weight excluding hydrogens is 457 g/mol. The number of para-hydroxylation sites is 1. The zero-order chi connectivity index (χ0) is 18.2. The van der Waals surface area contributed by atoms with Crippen LogP contribution in [0.3, 0.4) is 0 Å². The minimum absolute atomic E-state index is 0. The Bertz CT molecular complexity index is 707. The number of guanidine groups is 1. The summed E-state index contributed by atoms with van der Waals surface area (Å²) in [6.45, 7) is 3.77. The van der Waals surface area contributed by atoms with E-state index in [2.05, 4.69) is 20.3 Å². The Morgan fingerprint density at radius 2 is 2.19 bits per heavy atom. The molecule has 1 unspecified atom stereocenters. The highest BCUT2D eigenvalue weighted by Gasteiger charge is 2.24. The van der Waals surface area contributed by atoms with Crippen LogP contribution in [0.1, 0.15) is 18.1 Å². The monoisotopic (exact) mass is 485 g/mol. The van der Waals surface area contributed by atoms with Crippen molar-refractivity contribution >= 4 is 29.9 Å². The Kier molecular flexibility index (Phi) is 8.86. The lowest BCUT2D eigenvalue weighted by Gasteiger charge is -2.34. The molecule has 1 aliphatic rings. The molecule has 0 bridgehead atoms. The first-order valence-electron chi connectivity index (χ1n) is 9.00. The predicted octanol–water partition coefficient (Wildman–Crippen LogP) is 2.46. The number of nitrogens with zero attached hydrogens (tertiary/aromatic N) is 4. The standard InChI is InChI=1S/C19H27N5O2.HI/c1-20-19(21-9-6-11-25-17-7-4-3-5-8-17)24-10-12-26-18(15-24)16-13-22-23(2)14-16;/h3-5,7-8,13-14,18H,6,9-12,15H2,1-2H3,(H,20,21);1H. The Morgan fingerprint density at radius 3 is 2.89 bits per heavy atom. The van der Waals surface area contributed by atoms with E-state index in [0.29, 0.717) is 13.2 Å². The van der Waals surface area contributed by atoms with Crippen LogP contribution in [0.5, 0.6) is 5.75 Å². The second-order valence-corrected chi connectivity index (χ2v) is 6.24. The van der Waals surface area contributed by atoms with Crippen LogP contribution in [0.25, 0.3) is 0 Å². The molecule has 0 radical (unpaired) electrons. The predicted molar refractivity (Wildman–Crippen MR) is 117 cm³/mol. The van der Waals surface area contributed by atoms with E-state index in [1.165, 1.54) is 0 Å². The molecule has 1 saturated heterocycles. The molecule has 2 heterocycles. The molecule has 1 N–H and O–H groups in total. The summed E-state index contributed by atoms with van der Waals surface area (Å²) in [6, 6.07) is 9.88. The van der Waals surface area contributed by atoms with E-state index in [1.807, 2.05) is 56.8 Å². The van der Waals surface area contributed by atoms with Crippen LogP contribution >= 0.6 is 24.0 Å². The third-order valence-corrected chi connectivity index (χ3v) is 4.29. The van der Waals surface area contributed by atoms with Crippen LogP contribution in [0.15, 0.2) is 47.7 Å². The minimum Gasteiger partial charge on any atom is -0.494 e. The van der Waals surface area contributed by atoms with Crippen molar-refractivity contribution in [1.29, 1.82) is 0 Å². The van der Waals surface area contributed by atoms with Crippen molar-refractivity contribution in [1.82, 2.24) is 20.0 Å². The lowest BCUT2D eigenvalue weighted by molar-refractivity contribution is -0.00803. The summed E-state index contributed by atoms with van der Waals surface area (Å²) in [4.78, 5) is 6.65. The van der Waals surface area contributed by atoms with Crippen LogP contribution in [-0.2, 0) is 11.8 Å². The van der Waals surface area contributed by atoms with Gasteiger partial charge < -0.3 is 19.7 Å². The molecule has 2 aromatic rings. The number of rotatable bonds is 6. The smallest absolute Gasteiger partial charge is 0.193 e. The largest absolute Gasteiger partial charge is 0.494 e. The Balaban J connectivity index is 0.00000261. The average Bonchev–Trinajstić information content (AvgIpc) is 3.12. The van der Waals surface area contributed by atoms with Gasteiger partial charge in [-0.15, -0.1) is 24.0 Å². The lowest BCUT2D eigenvalue weighted by atomic mass is 10.1. The number of nitrogens with one attached hydrogen (secondary N) is 1. The van der Waals surface area contributed by atoms with Crippen molar-refractivity contribution in [2.75, 3.05) is 39.9 Å². The summed E-state index contributed by atoms with van der Waals surface area (Å²) in [5, 5.41) is 7.66. The van der Waals surface area contributed by atoms with Gasteiger partial charge in [-0.1, -0.05) is 18.2 Å². The summed E-state index contributed by atoms with van der Waals surface area (Å²) in [5.74, 6) is 1.81. The zero-order valence-corrected chi connectivity index (χ0v) is 18.2. The molecule has 0 spiro atoms. The van der Waals surface area contributed by atoms with E-state index in [-0.39, 0.29) is 30.1 Å². The number of halogens is 1. The maximum absolute atomic E-state index is 5.90. The second kappa shape index (κ2) is 11.1. The fourth-order valence-electron chi connectivity index (χ4n) is 2.96. The molecule has 1 aliphatic heterocycles. The van der Waals surface area contributed by atoms with Crippen LogP contribution in [0.2, 0.25) is 0 Å². The fourth-order valence-corrected chi connectivity index (χ4v) is 2.96. The maximum Gasteiger partial charge on any atom is 0.193 e. The van der Waals surface area contributed by atoms with E-state index in [1.54, 1.807) is 4.68 Å². The number of hydrogen-bond acceptors (Lipinski definition) is 4. The molecule has 27 heavy (non-hydrogen) atoms. The molecule has 148 valence electrons. The van der Waals surface area contributed by atoms with Gasteiger partial charge in [0.15, 0.2) is 5.96 Å². The first-order valence-corrected chi connectivity index (χ1v) is 9.00. The Labute approximate surface area is 177 Å². The molecule has 8 heteroatoms. The fraction of sp³-hybridized carbons (Fsp3) is 0.474. The average molecular weight is 485 g/mol. The zero-order valence-electron chi connectivity index (χ0n) is 15.9. The third kappa shape index (κ3) is 6.39. The molecule has 0 amide bonds. The molecule has 1 atom stereocenters. The van der Waals surface area contributed by atoms with Crippen molar-refractivity contribution in [2.45, 2.75) is 12.5 Å². The van der Waals surface area contributed by atoms with E-state index < -0.39 is 0 Å². The van der Waals surface area contributed by atoms with Gasteiger partial charge in [0, 0.05) is 38.9 Å².